The van der Waals surface area contributed by atoms with Crippen molar-refractivity contribution >= 4 is 39.5 Å². The lowest BCUT2D eigenvalue weighted by Gasteiger charge is -2.21. The van der Waals surface area contributed by atoms with Crippen LogP contribution in [0.1, 0.15) is 338 Å². The van der Waals surface area contributed by atoms with Crippen LogP contribution in [0, 0.1) is 23.7 Å². The van der Waals surface area contributed by atoms with E-state index >= 15 is 0 Å². The van der Waals surface area contributed by atoms with E-state index in [0.717, 1.165) is 114 Å². The maximum Gasteiger partial charge on any atom is 0.472 e. The fourth-order valence-corrected chi connectivity index (χ4v) is 11.9. The molecule has 0 spiro atoms. The molecule has 0 rings (SSSR count). The monoisotopic (exact) mass is 1300 g/mol. The Morgan fingerprint density at radius 3 is 0.807 bits per heavy atom. The molecule has 0 aromatic carbocycles. The summed E-state index contributed by atoms with van der Waals surface area (Å²) in [6.45, 7) is 14.0. The Morgan fingerprint density at radius 1 is 0.318 bits per heavy atom. The highest BCUT2D eigenvalue weighted by atomic mass is 31.2. The predicted molar refractivity (Wildman–Crippen MR) is 354 cm³/mol. The van der Waals surface area contributed by atoms with Gasteiger partial charge >= 0.3 is 39.5 Å². The molecule has 0 aromatic heterocycles. The molecule has 0 aromatic rings. The molecular formula is C69H134O17P2. The number of unbranched alkanes of at least 4 members (excludes halogenated alkanes) is 31. The Kier molecular flexibility index (Phi) is 57.6. The van der Waals surface area contributed by atoms with Crippen LogP contribution in [0.5, 0.6) is 0 Å². The maximum absolute atomic E-state index is 13.0. The van der Waals surface area contributed by atoms with E-state index < -0.39 is 97.5 Å². The summed E-state index contributed by atoms with van der Waals surface area (Å²) in [6, 6.07) is 0. The molecule has 6 atom stereocenters. The van der Waals surface area contributed by atoms with Crippen LogP contribution < -0.4 is 0 Å². The summed E-state index contributed by atoms with van der Waals surface area (Å²) in [5, 5.41) is 10.6. The predicted octanol–water partition coefficient (Wildman–Crippen LogP) is 19.3. The Hall–Kier alpha value is -1.94. The molecule has 0 amide bonds. The summed E-state index contributed by atoms with van der Waals surface area (Å²) in [5.41, 5.74) is 0. The Balaban J connectivity index is 5.21. The lowest BCUT2D eigenvalue weighted by Crippen LogP contribution is -2.30. The van der Waals surface area contributed by atoms with Crippen LogP contribution in [-0.4, -0.2) is 96.7 Å². The van der Waals surface area contributed by atoms with E-state index in [2.05, 4.69) is 55.4 Å². The van der Waals surface area contributed by atoms with Crippen molar-refractivity contribution in [2.24, 2.45) is 23.7 Å². The molecule has 3 N–H and O–H groups in total. The number of hydrogen-bond donors (Lipinski definition) is 3. The molecule has 17 nitrogen and oxygen atoms in total. The topological polar surface area (TPSA) is 237 Å². The van der Waals surface area contributed by atoms with Gasteiger partial charge in [-0.25, -0.2) is 9.13 Å². The van der Waals surface area contributed by atoms with Crippen LogP contribution in [0.2, 0.25) is 0 Å². The van der Waals surface area contributed by atoms with E-state index in [4.69, 9.17) is 37.0 Å². The molecule has 3 unspecified atom stereocenters. The zero-order valence-electron chi connectivity index (χ0n) is 57.3. The fraction of sp³-hybridized carbons (Fsp3) is 0.942. The number of esters is 4. The third kappa shape index (κ3) is 61.6. The van der Waals surface area contributed by atoms with E-state index in [9.17, 15) is 43.2 Å². The molecule has 88 heavy (non-hydrogen) atoms. The molecule has 0 saturated carbocycles. The molecule has 0 aliphatic rings. The van der Waals surface area contributed by atoms with Crippen LogP contribution in [-0.2, 0) is 65.4 Å². The van der Waals surface area contributed by atoms with Crippen molar-refractivity contribution in [1.29, 1.82) is 0 Å². The smallest absolute Gasteiger partial charge is 0.462 e. The van der Waals surface area contributed by atoms with Gasteiger partial charge in [0.05, 0.1) is 26.4 Å². The number of hydrogen-bond acceptors (Lipinski definition) is 15. The molecule has 19 heteroatoms. The van der Waals surface area contributed by atoms with Crippen molar-refractivity contribution in [3.63, 3.8) is 0 Å². The zero-order chi connectivity index (χ0) is 65.4. The first-order valence-corrected chi connectivity index (χ1v) is 38.7. The van der Waals surface area contributed by atoms with Gasteiger partial charge in [-0.1, -0.05) is 287 Å². The highest BCUT2D eigenvalue weighted by Crippen LogP contribution is 2.45. The van der Waals surface area contributed by atoms with Crippen molar-refractivity contribution in [3.8, 4) is 0 Å². The quantitative estimate of drug-likeness (QED) is 0.0222. The summed E-state index contributed by atoms with van der Waals surface area (Å²) in [5.74, 6) is 0.808. The van der Waals surface area contributed by atoms with Crippen LogP contribution in [0.3, 0.4) is 0 Å². The van der Waals surface area contributed by atoms with Gasteiger partial charge in [-0.3, -0.25) is 37.3 Å². The molecule has 0 saturated heterocycles. The second kappa shape index (κ2) is 58.8. The molecule has 0 aliphatic carbocycles. The summed E-state index contributed by atoms with van der Waals surface area (Å²) in [4.78, 5) is 72.4. The van der Waals surface area contributed by atoms with Crippen molar-refractivity contribution < 1.29 is 80.2 Å². The summed E-state index contributed by atoms with van der Waals surface area (Å²) < 4.78 is 68.2. The van der Waals surface area contributed by atoms with Gasteiger partial charge in [-0.2, -0.15) is 0 Å². The Bertz CT molecular complexity index is 1750. The molecule has 0 bridgehead atoms. The minimum Gasteiger partial charge on any atom is -0.462 e. The molecular weight excluding hydrogens is 1160 g/mol. The van der Waals surface area contributed by atoms with Crippen molar-refractivity contribution in [2.75, 3.05) is 39.6 Å². The standard InChI is InChI=1S/C69H134O17P2/c1-9-62(8)48-40-32-26-28-36-44-52-69(74)86-65(55-79-66(71)49-41-33-23-19-14-12-10-11-13-17-21-29-37-45-59(2)3)58-84-88(77,78)82-54-63(70)53-81-87(75,76)83-57-64(56-80-67(72)50-42-34-27-25-31-39-47-61(6)7)85-68(73)51-43-35-24-20-16-15-18-22-30-38-46-60(4)5/h59-65,70H,9-58H2,1-8H3,(H,75,76)(H,77,78)/t62?,63-,64+,65+/m0/s1. The van der Waals surface area contributed by atoms with E-state index in [1.807, 2.05) is 0 Å². The fourth-order valence-electron chi connectivity index (χ4n) is 10.3. The average Bonchev–Trinajstić information content (AvgIpc) is 3.54. The Morgan fingerprint density at radius 2 is 0.545 bits per heavy atom. The molecule has 0 radical (unpaired) electrons. The number of phosphoric ester groups is 2. The maximum atomic E-state index is 13.0. The summed E-state index contributed by atoms with van der Waals surface area (Å²) >= 11 is 0. The first-order chi connectivity index (χ1) is 42.1. The molecule has 0 aliphatic heterocycles. The number of ether oxygens (including phenoxy) is 4. The third-order valence-electron chi connectivity index (χ3n) is 16.2. The number of carbonyl (C=O) groups excluding carboxylic acids is 4. The molecule has 0 heterocycles. The number of aliphatic hydroxyl groups excluding tert-OH is 1. The number of carbonyl (C=O) groups is 4. The minimum atomic E-state index is -4.95. The van der Waals surface area contributed by atoms with Crippen LogP contribution in [0.15, 0.2) is 0 Å². The van der Waals surface area contributed by atoms with Gasteiger partial charge in [-0.05, 0) is 49.4 Å². The van der Waals surface area contributed by atoms with Crippen LogP contribution >= 0.6 is 15.6 Å². The van der Waals surface area contributed by atoms with Crippen molar-refractivity contribution in [3.05, 3.63) is 0 Å². The van der Waals surface area contributed by atoms with Gasteiger partial charge in [0, 0.05) is 25.7 Å². The second-order valence-electron chi connectivity index (χ2n) is 26.6. The van der Waals surface area contributed by atoms with Crippen molar-refractivity contribution in [1.82, 2.24) is 0 Å². The highest BCUT2D eigenvalue weighted by Gasteiger charge is 2.30. The highest BCUT2D eigenvalue weighted by molar-refractivity contribution is 7.47. The SMILES string of the molecule is CCC(C)CCCCCCCCC(=O)O[C@H](COC(=O)CCCCCCCCCCCCCCCC(C)C)COP(=O)(O)OC[C@@H](O)COP(=O)(O)OC[C@@H](COC(=O)CCCCCCCCC(C)C)OC(=O)CCCCCCCCCCCCC(C)C. The first kappa shape index (κ1) is 86.1. The first-order valence-electron chi connectivity index (χ1n) is 35.7. The number of aliphatic hydroxyl groups is 1. The van der Waals surface area contributed by atoms with E-state index in [1.54, 1.807) is 0 Å². The third-order valence-corrected chi connectivity index (χ3v) is 18.1. The minimum absolute atomic E-state index is 0.102. The molecule has 0 fully saturated rings. The van der Waals surface area contributed by atoms with E-state index in [0.29, 0.717) is 31.6 Å². The molecule has 522 valence electrons. The van der Waals surface area contributed by atoms with E-state index in [1.165, 1.54) is 135 Å². The largest absolute Gasteiger partial charge is 0.472 e. The number of rotatable bonds is 66. The summed E-state index contributed by atoms with van der Waals surface area (Å²) in [6.07, 6.45) is 40.5. The van der Waals surface area contributed by atoms with Gasteiger partial charge in [0.15, 0.2) is 12.2 Å². The van der Waals surface area contributed by atoms with Crippen molar-refractivity contribution in [2.45, 2.75) is 356 Å². The van der Waals surface area contributed by atoms with Gasteiger partial charge in [0.25, 0.3) is 0 Å². The lowest BCUT2D eigenvalue weighted by molar-refractivity contribution is -0.161. The number of phosphoric acid groups is 2. The van der Waals surface area contributed by atoms with Gasteiger partial charge in [0.1, 0.15) is 19.3 Å². The lowest BCUT2D eigenvalue weighted by atomic mass is 10.00. The average molecular weight is 1300 g/mol. The second-order valence-corrected chi connectivity index (χ2v) is 29.5. The Labute approximate surface area is 537 Å². The van der Waals surface area contributed by atoms with Gasteiger partial charge in [0.2, 0.25) is 0 Å². The van der Waals surface area contributed by atoms with E-state index in [-0.39, 0.29) is 25.7 Å². The normalized spacial score (nSPS) is 14.6. The van der Waals surface area contributed by atoms with Gasteiger partial charge in [-0.15, -0.1) is 0 Å². The van der Waals surface area contributed by atoms with Crippen LogP contribution in [0.4, 0.5) is 0 Å². The zero-order valence-corrected chi connectivity index (χ0v) is 59.1. The van der Waals surface area contributed by atoms with Crippen LogP contribution in [0.25, 0.3) is 0 Å². The van der Waals surface area contributed by atoms with Gasteiger partial charge < -0.3 is 33.8 Å². The summed E-state index contributed by atoms with van der Waals surface area (Å²) in [7, 11) is -9.90.